The van der Waals surface area contributed by atoms with E-state index in [1.54, 1.807) is 4.80 Å². The molecular formula is C14H30N4O3Si. The molecule has 0 N–H and O–H groups in total. The second-order valence-corrected chi connectivity index (χ2v) is 7.72. The summed E-state index contributed by atoms with van der Waals surface area (Å²) in [5.74, 6) is 0.824. The van der Waals surface area contributed by atoms with Gasteiger partial charge in [0, 0.05) is 32.3 Å². The standard InChI is InChI=1S/C14H30N4O3Si/c1-5-9-11-14-15-17-18(16-14)12-10-13-22(19-6-2,20-7-3)21-8-4/h5-13H2,1-4H3. The Labute approximate surface area is 134 Å². The molecule has 0 amide bonds. The van der Waals surface area contributed by atoms with E-state index < -0.39 is 8.80 Å². The van der Waals surface area contributed by atoms with Crippen molar-refractivity contribution >= 4 is 8.80 Å². The Kier molecular flexibility index (Phi) is 9.45. The summed E-state index contributed by atoms with van der Waals surface area (Å²) in [4.78, 5) is 1.66. The summed E-state index contributed by atoms with van der Waals surface area (Å²) in [6.45, 7) is 10.6. The molecule has 0 bridgehead atoms. The highest BCUT2D eigenvalue weighted by atomic mass is 28.4. The molecule has 1 aromatic rings. The monoisotopic (exact) mass is 330 g/mol. The van der Waals surface area contributed by atoms with Gasteiger partial charge in [0.2, 0.25) is 0 Å². The van der Waals surface area contributed by atoms with Crippen LogP contribution in [0.1, 0.15) is 52.8 Å². The van der Waals surface area contributed by atoms with Gasteiger partial charge in [0.15, 0.2) is 5.82 Å². The summed E-state index contributed by atoms with van der Waals surface area (Å²) >= 11 is 0. The van der Waals surface area contributed by atoms with E-state index in [4.69, 9.17) is 13.3 Å². The highest BCUT2D eigenvalue weighted by molar-refractivity contribution is 6.60. The highest BCUT2D eigenvalue weighted by Gasteiger charge is 2.39. The van der Waals surface area contributed by atoms with Gasteiger partial charge < -0.3 is 13.3 Å². The molecule has 0 fully saturated rings. The van der Waals surface area contributed by atoms with Gasteiger partial charge in [0.25, 0.3) is 0 Å². The summed E-state index contributed by atoms with van der Waals surface area (Å²) in [5.41, 5.74) is 0. The maximum Gasteiger partial charge on any atom is 0.500 e. The van der Waals surface area contributed by atoms with Crippen LogP contribution in [0.15, 0.2) is 0 Å². The Morgan fingerprint density at radius 3 is 2.14 bits per heavy atom. The Bertz CT molecular complexity index is 386. The average Bonchev–Trinajstić information content (AvgIpc) is 2.94. The lowest BCUT2D eigenvalue weighted by Crippen LogP contribution is -2.46. The van der Waals surface area contributed by atoms with Crippen LogP contribution in [-0.4, -0.2) is 48.8 Å². The molecule has 0 unspecified atom stereocenters. The predicted molar refractivity (Wildman–Crippen MR) is 86.5 cm³/mol. The summed E-state index contributed by atoms with van der Waals surface area (Å²) in [6.07, 6.45) is 3.99. The number of aromatic nitrogens is 4. The van der Waals surface area contributed by atoms with Crippen molar-refractivity contribution in [3.8, 4) is 0 Å². The molecule has 0 saturated carbocycles. The number of hydrogen-bond donors (Lipinski definition) is 0. The van der Waals surface area contributed by atoms with Crippen molar-refractivity contribution < 1.29 is 13.3 Å². The van der Waals surface area contributed by atoms with Gasteiger partial charge >= 0.3 is 8.80 Å². The quantitative estimate of drug-likeness (QED) is 0.517. The van der Waals surface area contributed by atoms with Crippen molar-refractivity contribution in [1.82, 2.24) is 20.2 Å². The van der Waals surface area contributed by atoms with Crippen LogP contribution in [0.2, 0.25) is 6.04 Å². The molecular weight excluding hydrogens is 300 g/mol. The zero-order valence-electron chi connectivity index (χ0n) is 14.4. The first-order chi connectivity index (χ1) is 10.7. The number of hydrogen-bond acceptors (Lipinski definition) is 6. The van der Waals surface area contributed by atoms with Gasteiger partial charge in [0.05, 0.1) is 6.54 Å². The number of unbranched alkanes of at least 4 members (excludes halogenated alkanes) is 1. The number of rotatable bonds is 13. The van der Waals surface area contributed by atoms with Gasteiger partial charge in [-0.1, -0.05) is 13.3 Å². The maximum atomic E-state index is 5.84. The third kappa shape index (κ3) is 6.51. The Balaban J connectivity index is 2.48. The minimum Gasteiger partial charge on any atom is -0.374 e. The lowest BCUT2D eigenvalue weighted by Gasteiger charge is -2.28. The van der Waals surface area contributed by atoms with Crippen LogP contribution in [-0.2, 0) is 26.2 Å². The van der Waals surface area contributed by atoms with Crippen LogP contribution >= 0.6 is 0 Å². The first-order valence-electron chi connectivity index (χ1n) is 8.38. The molecule has 0 aliphatic heterocycles. The third-order valence-corrected chi connectivity index (χ3v) is 6.33. The molecule has 1 rings (SSSR count). The smallest absolute Gasteiger partial charge is 0.374 e. The Morgan fingerprint density at radius 2 is 1.59 bits per heavy atom. The van der Waals surface area contributed by atoms with Crippen molar-refractivity contribution in [3.05, 3.63) is 5.82 Å². The van der Waals surface area contributed by atoms with Crippen LogP contribution < -0.4 is 0 Å². The zero-order valence-corrected chi connectivity index (χ0v) is 15.4. The number of aryl methyl sites for hydroxylation is 2. The fourth-order valence-corrected chi connectivity index (χ4v) is 4.84. The van der Waals surface area contributed by atoms with E-state index in [0.717, 1.165) is 37.6 Å². The van der Waals surface area contributed by atoms with E-state index in [2.05, 4.69) is 22.3 Å². The molecule has 0 aliphatic rings. The normalized spacial score (nSPS) is 12.0. The summed E-state index contributed by atoms with van der Waals surface area (Å²) in [7, 11) is -2.55. The van der Waals surface area contributed by atoms with E-state index in [1.807, 2.05) is 20.8 Å². The molecule has 0 saturated heterocycles. The summed E-state index contributed by atoms with van der Waals surface area (Å²) < 4.78 is 17.5. The molecule has 1 heterocycles. The molecule has 8 heteroatoms. The topological polar surface area (TPSA) is 71.3 Å². The predicted octanol–water partition coefficient (Wildman–Crippen LogP) is 2.45. The lowest BCUT2D eigenvalue weighted by atomic mass is 10.2. The fourth-order valence-electron chi connectivity index (χ4n) is 2.24. The highest BCUT2D eigenvalue weighted by Crippen LogP contribution is 2.18. The van der Waals surface area contributed by atoms with Gasteiger partial charge in [-0.3, -0.25) is 0 Å². The molecule has 7 nitrogen and oxygen atoms in total. The van der Waals surface area contributed by atoms with Crippen LogP contribution in [0.3, 0.4) is 0 Å². The second kappa shape index (κ2) is 10.8. The van der Waals surface area contributed by atoms with Crippen molar-refractivity contribution in [3.63, 3.8) is 0 Å². The van der Waals surface area contributed by atoms with Gasteiger partial charge in [0.1, 0.15) is 0 Å². The minimum atomic E-state index is -2.55. The SMILES string of the molecule is CCCCc1nnn(CCC[Si](OCC)(OCC)OCC)n1. The molecule has 0 radical (unpaired) electrons. The zero-order chi connectivity index (χ0) is 16.3. The van der Waals surface area contributed by atoms with Crippen LogP contribution in [0.25, 0.3) is 0 Å². The van der Waals surface area contributed by atoms with Gasteiger partial charge in [-0.05, 0) is 38.8 Å². The van der Waals surface area contributed by atoms with Crippen LogP contribution in [0, 0.1) is 0 Å². The fraction of sp³-hybridized carbons (Fsp3) is 0.929. The molecule has 1 aromatic heterocycles. The van der Waals surface area contributed by atoms with E-state index in [-0.39, 0.29) is 0 Å². The molecule has 0 atom stereocenters. The van der Waals surface area contributed by atoms with E-state index in [0.29, 0.717) is 26.4 Å². The molecule has 0 spiro atoms. The van der Waals surface area contributed by atoms with E-state index in [9.17, 15) is 0 Å². The molecule has 128 valence electrons. The first kappa shape index (κ1) is 19.2. The number of tetrazole rings is 1. The molecule has 0 aliphatic carbocycles. The van der Waals surface area contributed by atoms with E-state index in [1.165, 1.54) is 0 Å². The van der Waals surface area contributed by atoms with Gasteiger partial charge in [-0.25, -0.2) is 0 Å². The average molecular weight is 331 g/mol. The lowest BCUT2D eigenvalue weighted by molar-refractivity contribution is 0.0703. The number of nitrogens with zero attached hydrogens (tertiary/aromatic N) is 4. The molecule has 22 heavy (non-hydrogen) atoms. The van der Waals surface area contributed by atoms with Gasteiger partial charge in [-0.15, -0.1) is 10.2 Å². The third-order valence-electron chi connectivity index (χ3n) is 3.18. The van der Waals surface area contributed by atoms with Crippen molar-refractivity contribution in [2.24, 2.45) is 0 Å². The maximum absolute atomic E-state index is 5.84. The molecule has 0 aromatic carbocycles. The van der Waals surface area contributed by atoms with Gasteiger partial charge in [-0.2, -0.15) is 4.80 Å². The van der Waals surface area contributed by atoms with Crippen molar-refractivity contribution in [2.75, 3.05) is 19.8 Å². The van der Waals surface area contributed by atoms with Crippen LogP contribution in [0.4, 0.5) is 0 Å². The Hall–Kier alpha value is -0.833. The summed E-state index contributed by atoms with van der Waals surface area (Å²) in [6, 6.07) is 0.772. The largest absolute Gasteiger partial charge is 0.500 e. The first-order valence-corrected chi connectivity index (χ1v) is 10.3. The minimum absolute atomic E-state index is 0.606. The second-order valence-electron chi connectivity index (χ2n) is 4.99. The van der Waals surface area contributed by atoms with Crippen LogP contribution in [0.5, 0.6) is 0 Å². The van der Waals surface area contributed by atoms with E-state index >= 15 is 0 Å². The Morgan fingerprint density at radius 1 is 0.955 bits per heavy atom. The summed E-state index contributed by atoms with van der Waals surface area (Å²) in [5, 5.41) is 12.6. The van der Waals surface area contributed by atoms with Crippen molar-refractivity contribution in [1.29, 1.82) is 0 Å². The van der Waals surface area contributed by atoms with Crippen molar-refractivity contribution in [2.45, 2.75) is 66.0 Å².